The van der Waals surface area contributed by atoms with Crippen LogP contribution in [-0.2, 0) is 27.3 Å². The number of carbonyl (C=O) groups excluding carboxylic acids is 2. The van der Waals surface area contributed by atoms with Gasteiger partial charge in [0.05, 0.1) is 19.2 Å². The Bertz CT molecular complexity index is 959. The van der Waals surface area contributed by atoms with Gasteiger partial charge in [-0.3, -0.25) is 9.59 Å². The molecule has 3 aromatic rings. The zero-order valence-electron chi connectivity index (χ0n) is 15.7. The monoisotopic (exact) mass is 396 g/mol. The first-order chi connectivity index (χ1) is 13.6. The van der Waals surface area contributed by atoms with Crippen molar-refractivity contribution in [1.29, 1.82) is 0 Å². The second-order valence-corrected chi connectivity index (χ2v) is 7.00. The Morgan fingerprint density at radius 2 is 1.89 bits per heavy atom. The van der Waals surface area contributed by atoms with Crippen LogP contribution in [0.25, 0.3) is 10.8 Å². The number of hydrogen-bond donors (Lipinski definition) is 0. The van der Waals surface area contributed by atoms with Gasteiger partial charge in [-0.1, -0.05) is 24.3 Å². The average Bonchev–Trinajstić information content (AvgIpc) is 3.18. The van der Waals surface area contributed by atoms with Gasteiger partial charge >= 0.3 is 5.97 Å². The fourth-order valence-corrected chi connectivity index (χ4v) is 3.38. The van der Waals surface area contributed by atoms with E-state index in [-0.39, 0.29) is 18.9 Å². The predicted molar refractivity (Wildman–Crippen MR) is 105 cm³/mol. The lowest BCUT2D eigenvalue weighted by atomic mass is 10.1. The molecule has 144 valence electrons. The van der Waals surface area contributed by atoms with Crippen LogP contribution in [0.2, 0.25) is 0 Å². The van der Waals surface area contributed by atoms with Crippen LogP contribution in [0.4, 0.5) is 0 Å². The van der Waals surface area contributed by atoms with Crippen LogP contribution in [0, 0.1) is 6.92 Å². The van der Waals surface area contributed by atoms with Gasteiger partial charge < -0.3 is 9.64 Å². The Kier molecular flexibility index (Phi) is 6.44. The summed E-state index contributed by atoms with van der Waals surface area (Å²) in [6.07, 6.45) is 3.38. The maximum Gasteiger partial charge on any atom is 0.325 e. The molecule has 0 aliphatic heterocycles. The van der Waals surface area contributed by atoms with E-state index in [4.69, 9.17) is 4.74 Å². The fourth-order valence-electron chi connectivity index (χ4n) is 2.61. The summed E-state index contributed by atoms with van der Waals surface area (Å²) in [5.74, 6) is -0.129. The number of benzene rings is 1. The number of aryl methyl sites for hydroxylation is 1. The maximum absolute atomic E-state index is 12.9. The van der Waals surface area contributed by atoms with Crippen molar-refractivity contribution in [1.82, 2.24) is 19.9 Å². The number of nitrogens with zero attached hydrogens (tertiary/aromatic N) is 4. The van der Waals surface area contributed by atoms with E-state index in [1.165, 1.54) is 23.3 Å². The summed E-state index contributed by atoms with van der Waals surface area (Å²) >= 11 is 1.38. The van der Waals surface area contributed by atoms with Gasteiger partial charge in [0.25, 0.3) is 0 Å². The lowest BCUT2D eigenvalue weighted by molar-refractivity contribution is -0.147. The van der Waals surface area contributed by atoms with Crippen molar-refractivity contribution in [3.63, 3.8) is 0 Å². The first kappa shape index (κ1) is 19.6. The smallest absolute Gasteiger partial charge is 0.325 e. The summed E-state index contributed by atoms with van der Waals surface area (Å²) in [7, 11) is 1.31. The molecule has 7 nitrogen and oxygen atoms in total. The highest BCUT2D eigenvalue weighted by Gasteiger charge is 2.20. The maximum atomic E-state index is 12.9. The average molecular weight is 396 g/mol. The largest absolute Gasteiger partial charge is 0.468 e. The van der Waals surface area contributed by atoms with Gasteiger partial charge in [-0.25, -0.2) is 15.0 Å². The first-order valence-corrected chi connectivity index (χ1v) is 9.55. The molecule has 0 saturated heterocycles. The Balaban J connectivity index is 1.75. The highest BCUT2D eigenvalue weighted by atomic mass is 32.1. The normalized spacial score (nSPS) is 10.5. The number of hydrogen-bond acceptors (Lipinski definition) is 7. The van der Waals surface area contributed by atoms with Crippen molar-refractivity contribution in [2.75, 3.05) is 13.7 Å². The molecule has 0 aliphatic rings. The van der Waals surface area contributed by atoms with Crippen molar-refractivity contribution < 1.29 is 14.3 Å². The third-order valence-electron chi connectivity index (χ3n) is 4.16. The van der Waals surface area contributed by atoms with Crippen molar-refractivity contribution in [2.45, 2.75) is 19.9 Å². The van der Waals surface area contributed by atoms with Crippen LogP contribution >= 0.6 is 11.3 Å². The molecule has 0 atom stereocenters. The Morgan fingerprint density at radius 3 is 2.61 bits per heavy atom. The lowest BCUT2D eigenvalue weighted by Gasteiger charge is -2.22. The molecule has 1 aromatic carbocycles. The summed E-state index contributed by atoms with van der Waals surface area (Å²) in [4.78, 5) is 39.0. The molecular weight excluding hydrogens is 376 g/mol. The molecule has 0 fully saturated rings. The molecule has 2 heterocycles. The molecule has 0 radical (unpaired) electrons. The van der Waals surface area contributed by atoms with Crippen molar-refractivity contribution in [3.05, 3.63) is 64.9 Å². The second kappa shape index (κ2) is 9.18. The van der Waals surface area contributed by atoms with Gasteiger partial charge in [0.15, 0.2) is 10.8 Å². The molecule has 0 unspecified atom stereocenters. The summed E-state index contributed by atoms with van der Waals surface area (Å²) < 4.78 is 4.75. The number of methoxy groups -OCH3 is 1. The van der Waals surface area contributed by atoms with Crippen LogP contribution in [0.5, 0.6) is 0 Å². The van der Waals surface area contributed by atoms with Gasteiger partial charge in [-0.2, -0.15) is 0 Å². The lowest BCUT2D eigenvalue weighted by Crippen LogP contribution is -2.37. The first-order valence-electron chi connectivity index (χ1n) is 8.67. The highest BCUT2D eigenvalue weighted by molar-refractivity contribution is 7.13. The summed E-state index contributed by atoms with van der Waals surface area (Å²) in [5.41, 5.74) is 2.66. The van der Waals surface area contributed by atoms with E-state index < -0.39 is 5.97 Å². The van der Waals surface area contributed by atoms with Crippen LogP contribution in [-0.4, -0.2) is 45.4 Å². The zero-order chi connectivity index (χ0) is 19.9. The van der Waals surface area contributed by atoms with Crippen LogP contribution < -0.4 is 0 Å². The molecule has 1 amide bonds. The van der Waals surface area contributed by atoms with E-state index in [0.29, 0.717) is 23.1 Å². The molecular formula is C20H20N4O3S. The van der Waals surface area contributed by atoms with Crippen molar-refractivity contribution in [3.8, 4) is 10.8 Å². The van der Waals surface area contributed by atoms with E-state index in [1.54, 1.807) is 18.5 Å². The number of rotatable bonds is 7. The van der Waals surface area contributed by atoms with E-state index in [2.05, 4.69) is 15.0 Å². The molecule has 8 heteroatoms. The summed E-state index contributed by atoms with van der Waals surface area (Å²) in [6, 6.07) is 9.50. The number of ether oxygens (including phenoxy) is 1. The van der Waals surface area contributed by atoms with E-state index >= 15 is 0 Å². The topological polar surface area (TPSA) is 85.3 Å². The van der Waals surface area contributed by atoms with Gasteiger partial charge in [0, 0.05) is 24.3 Å². The minimum absolute atomic E-state index is 0.0895. The standard InChI is InChI=1S/C20H20N4O3S/c1-14-6-3-4-7-15(14)11-24(12-18(26)27-2)17(25)10-16-13-28-20(23-16)19-21-8-5-9-22-19/h3-9,13H,10-12H2,1-2H3. The second-order valence-electron chi connectivity index (χ2n) is 6.15. The number of amides is 1. The molecule has 0 N–H and O–H groups in total. The minimum Gasteiger partial charge on any atom is -0.468 e. The number of carbonyl (C=O) groups is 2. The van der Waals surface area contributed by atoms with E-state index in [1.807, 2.05) is 36.6 Å². The third-order valence-corrected chi connectivity index (χ3v) is 5.05. The highest BCUT2D eigenvalue weighted by Crippen LogP contribution is 2.20. The zero-order valence-corrected chi connectivity index (χ0v) is 16.5. The van der Waals surface area contributed by atoms with E-state index in [0.717, 1.165) is 11.1 Å². The minimum atomic E-state index is -0.460. The van der Waals surface area contributed by atoms with Gasteiger partial charge in [-0.15, -0.1) is 11.3 Å². The molecule has 0 bridgehead atoms. The van der Waals surface area contributed by atoms with Crippen LogP contribution in [0.15, 0.2) is 48.1 Å². The number of thiazole rings is 1. The van der Waals surface area contributed by atoms with Crippen LogP contribution in [0.3, 0.4) is 0 Å². The van der Waals surface area contributed by atoms with Crippen molar-refractivity contribution in [2.24, 2.45) is 0 Å². The van der Waals surface area contributed by atoms with Crippen molar-refractivity contribution >= 4 is 23.2 Å². The SMILES string of the molecule is COC(=O)CN(Cc1ccccc1C)C(=O)Cc1csc(-c2ncccn2)n1. The fraction of sp³-hybridized carbons (Fsp3) is 0.250. The van der Waals surface area contributed by atoms with Gasteiger partial charge in [-0.05, 0) is 24.1 Å². The molecule has 28 heavy (non-hydrogen) atoms. The Hall–Kier alpha value is -3.13. The summed E-state index contributed by atoms with van der Waals surface area (Å²) in [5, 5.41) is 2.47. The molecule has 2 aromatic heterocycles. The molecule has 3 rings (SSSR count). The third kappa shape index (κ3) is 4.98. The number of aromatic nitrogens is 3. The Morgan fingerprint density at radius 1 is 1.14 bits per heavy atom. The predicted octanol–water partition coefficient (Wildman–Crippen LogP) is 2.65. The van der Waals surface area contributed by atoms with E-state index in [9.17, 15) is 9.59 Å². The molecule has 0 spiro atoms. The molecule has 0 aliphatic carbocycles. The molecule has 0 saturated carbocycles. The quantitative estimate of drug-likeness (QED) is 0.571. The number of esters is 1. The Labute approximate surface area is 167 Å². The summed E-state index contributed by atoms with van der Waals surface area (Å²) in [6.45, 7) is 2.20. The van der Waals surface area contributed by atoms with Gasteiger partial charge in [0.1, 0.15) is 6.54 Å². The van der Waals surface area contributed by atoms with Crippen LogP contribution in [0.1, 0.15) is 16.8 Å². The van der Waals surface area contributed by atoms with Gasteiger partial charge in [0.2, 0.25) is 5.91 Å².